The zero-order valence-corrected chi connectivity index (χ0v) is 11.0. The van der Waals surface area contributed by atoms with Crippen molar-refractivity contribution >= 4 is 5.91 Å². The van der Waals surface area contributed by atoms with Crippen LogP contribution in [0.1, 0.15) is 5.69 Å². The molecule has 0 saturated carbocycles. The molecule has 2 aromatic rings. The molecule has 1 aliphatic heterocycles. The molecule has 1 amide bonds. The maximum Gasteiger partial charge on any atom is 0.242 e. The van der Waals surface area contributed by atoms with E-state index in [4.69, 9.17) is 4.74 Å². The quantitative estimate of drug-likeness (QED) is 0.819. The van der Waals surface area contributed by atoms with Crippen LogP contribution in [0.5, 0.6) is 5.75 Å². The Hall–Kier alpha value is -2.30. The molecule has 5 nitrogen and oxygen atoms in total. The Labute approximate surface area is 111 Å². The van der Waals surface area contributed by atoms with Gasteiger partial charge in [0.2, 0.25) is 5.91 Å². The van der Waals surface area contributed by atoms with Gasteiger partial charge in [-0.25, -0.2) is 4.98 Å². The zero-order chi connectivity index (χ0) is 13.4. The van der Waals surface area contributed by atoms with Gasteiger partial charge in [0.1, 0.15) is 18.1 Å². The molecule has 0 fully saturated rings. The third kappa shape index (κ3) is 1.97. The van der Waals surface area contributed by atoms with Gasteiger partial charge in [-0.05, 0) is 12.1 Å². The predicted octanol–water partition coefficient (Wildman–Crippen LogP) is 1.53. The molecule has 0 aliphatic carbocycles. The highest BCUT2D eigenvalue weighted by Crippen LogP contribution is 2.26. The van der Waals surface area contributed by atoms with Gasteiger partial charge in [-0.2, -0.15) is 0 Å². The van der Waals surface area contributed by atoms with Crippen LogP contribution in [-0.2, 0) is 17.9 Å². The van der Waals surface area contributed by atoms with E-state index in [9.17, 15) is 4.79 Å². The molecule has 0 saturated heterocycles. The first-order valence-corrected chi connectivity index (χ1v) is 6.12. The van der Waals surface area contributed by atoms with Crippen LogP contribution < -0.4 is 4.74 Å². The summed E-state index contributed by atoms with van der Waals surface area (Å²) in [4.78, 5) is 18.0. The van der Waals surface area contributed by atoms with Crippen LogP contribution in [0.25, 0.3) is 11.4 Å². The maximum absolute atomic E-state index is 11.8. The highest BCUT2D eigenvalue weighted by atomic mass is 16.5. The molecule has 1 aromatic heterocycles. The molecular formula is C14H15N3O2. The second-order valence-electron chi connectivity index (χ2n) is 4.64. The Morgan fingerprint density at radius 2 is 2.16 bits per heavy atom. The van der Waals surface area contributed by atoms with Crippen LogP contribution in [0.15, 0.2) is 30.5 Å². The average molecular weight is 257 g/mol. The minimum Gasteiger partial charge on any atom is -0.497 e. The normalized spacial score (nSPS) is 14.4. The number of likely N-dealkylation sites (N-methyl/N-ethyl adjacent to an activating group) is 1. The number of hydrogen-bond donors (Lipinski definition) is 0. The van der Waals surface area contributed by atoms with Gasteiger partial charge in [0.25, 0.3) is 0 Å². The van der Waals surface area contributed by atoms with Crippen LogP contribution in [0.2, 0.25) is 0 Å². The molecule has 0 N–H and O–H groups in total. The summed E-state index contributed by atoms with van der Waals surface area (Å²) in [7, 11) is 3.45. The van der Waals surface area contributed by atoms with E-state index in [1.165, 1.54) is 0 Å². The number of aromatic nitrogens is 2. The van der Waals surface area contributed by atoms with E-state index < -0.39 is 0 Å². The van der Waals surface area contributed by atoms with E-state index in [1.54, 1.807) is 12.0 Å². The molecule has 5 heteroatoms. The van der Waals surface area contributed by atoms with Crippen molar-refractivity contribution in [3.8, 4) is 17.1 Å². The fraction of sp³-hybridized carbons (Fsp3) is 0.286. The molecule has 3 rings (SSSR count). The molecule has 2 heterocycles. The van der Waals surface area contributed by atoms with Gasteiger partial charge in [0.05, 0.1) is 25.5 Å². The minimum absolute atomic E-state index is 0.106. The lowest BCUT2D eigenvalue weighted by Gasteiger charge is -2.25. The average Bonchev–Trinajstić information content (AvgIpc) is 2.82. The lowest BCUT2D eigenvalue weighted by atomic mass is 10.2. The first kappa shape index (κ1) is 11.8. The number of nitrogens with zero attached hydrogens (tertiary/aromatic N) is 3. The standard InChI is InChI=1S/C14H15N3O2/c1-16-8-11-7-15-14(17(11)9-13(16)18)10-4-3-5-12(6-10)19-2/h3-7H,8-9H2,1-2H3. The van der Waals surface area contributed by atoms with E-state index in [1.807, 2.05) is 42.1 Å². The summed E-state index contributed by atoms with van der Waals surface area (Å²) in [5.41, 5.74) is 2.02. The Balaban J connectivity index is 2.05. The fourth-order valence-corrected chi connectivity index (χ4v) is 2.29. The minimum atomic E-state index is 0.106. The summed E-state index contributed by atoms with van der Waals surface area (Å²) in [5.74, 6) is 1.71. The number of amides is 1. The van der Waals surface area contributed by atoms with Crippen molar-refractivity contribution in [2.75, 3.05) is 14.2 Å². The lowest BCUT2D eigenvalue weighted by molar-refractivity contribution is -0.132. The van der Waals surface area contributed by atoms with E-state index in [2.05, 4.69) is 4.98 Å². The number of fused-ring (bicyclic) bond motifs is 1. The summed E-state index contributed by atoms with van der Waals surface area (Å²) in [6.45, 7) is 0.953. The Bertz CT molecular complexity index is 633. The first-order valence-electron chi connectivity index (χ1n) is 6.12. The van der Waals surface area contributed by atoms with Crippen molar-refractivity contribution in [1.29, 1.82) is 0 Å². The van der Waals surface area contributed by atoms with Crippen LogP contribution >= 0.6 is 0 Å². The van der Waals surface area contributed by atoms with E-state index in [0.717, 1.165) is 22.8 Å². The summed E-state index contributed by atoms with van der Waals surface area (Å²) in [5, 5.41) is 0. The first-order chi connectivity index (χ1) is 9.19. The van der Waals surface area contributed by atoms with Gasteiger partial charge in [0.15, 0.2) is 0 Å². The van der Waals surface area contributed by atoms with E-state index in [0.29, 0.717) is 13.1 Å². The third-order valence-corrected chi connectivity index (χ3v) is 3.38. The van der Waals surface area contributed by atoms with Crippen LogP contribution in [-0.4, -0.2) is 34.5 Å². The van der Waals surface area contributed by atoms with E-state index in [-0.39, 0.29) is 5.91 Å². The monoisotopic (exact) mass is 257 g/mol. The fourth-order valence-electron chi connectivity index (χ4n) is 2.29. The second-order valence-corrected chi connectivity index (χ2v) is 4.64. The second kappa shape index (κ2) is 4.42. The number of carbonyl (C=O) groups is 1. The summed E-state index contributed by atoms with van der Waals surface area (Å²) >= 11 is 0. The molecule has 0 spiro atoms. The van der Waals surface area contributed by atoms with Crippen molar-refractivity contribution in [3.05, 3.63) is 36.2 Å². The number of benzene rings is 1. The SMILES string of the molecule is COc1cccc(-c2ncc3n2CC(=O)N(C)C3)c1. The molecular weight excluding hydrogens is 242 g/mol. The molecule has 1 aromatic carbocycles. The van der Waals surface area contributed by atoms with Crippen molar-refractivity contribution < 1.29 is 9.53 Å². The smallest absolute Gasteiger partial charge is 0.242 e. The van der Waals surface area contributed by atoms with Crippen LogP contribution in [0, 0.1) is 0 Å². The number of carbonyl (C=O) groups excluding carboxylic acids is 1. The van der Waals surface area contributed by atoms with Gasteiger partial charge in [-0.15, -0.1) is 0 Å². The van der Waals surface area contributed by atoms with Crippen molar-refractivity contribution in [2.45, 2.75) is 13.1 Å². The topological polar surface area (TPSA) is 47.4 Å². The zero-order valence-electron chi connectivity index (χ0n) is 11.0. The molecule has 0 unspecified atom stereocenters. The van der Waals surface area contributed by atoms with Gasteiger partial charge < -0.3 is 14.2 Å². The van der Waals surface area contributed by atoms with Crippen LogP contribution in [0.3, 0.4) is 0 Å². The molecule has 1 aliphatic rings. The summed E-state index contributed by atoms with van der Waals surface area (Å²) in [6, 6.07) is 7.72. The summed E-state index contributed by atoms with van der Waals surface area (Å²) < 4.78 is 7.19. The molecule has 98 valence electrons. The Morgan fingerprint density at radius 1 is 1.32 bits per heavy atom. The Kier molecular flexibility index (Phi) is 2.74. The van der Waals surface area contributed by atoms with Gasteiger partial charge in [0, 0.05) is 12.6 Å². The number of rotatable bonds is 2. The van der Waals surface area contributed by atoms with E-state index >= 15 is 0 Å². The lowest BCUT2D eigenvalue weighted by Crippen LogP contribution is -2.35. The van der Waals surface area contributed by atoms with Crippen molar-refractivity contribution in [1.82, 2.24) is 14.5 Å². The number of ether oxygens (including phenoxy) is 1. The van der Waals surface area contributed by atoms with Gasteiger partial charge in [-0.1, -0.05) is 12.1 Å². The van der Waals surface area contributed by atoms with Crippen molar-refractivity contribution in [2.24, 2.45) is 0 Å². The third-order valence-electron chi connectivity index (χ3n) is 3.38. The highest BCUT2D eigenvalue weighted by Gasteiger charge is 2.23. The number of methoxy groups -OCH3 is 1. The maximum atomic E-state index is 11.8. The predicted molar refractivity (Wildman–Crippen MR) is 70.7 cm³/mol. The number of hydrogen-bond acceptors (Lipinski definition) is 3. The van der Waals surface area contributed by atoms with Gasteiger partial charge in [-0.3, -0.25) is 4.79 Å². The Morgan fingerprint density at radius 3 is 2.95 bits per heavy atom. The molecule has 0 atom stereocenters. The largest absolute Gasteiger partial charge is 0.497 e. The molecule has 0 bridgehead atoms. The molecule has 19 heavy (non-hydrogen) atoms. The summed E-state index contributed by atoms with van der Waals surface area (Å²) in [6.07, 6.45) is 1.83. The number of imidazole rings is 1. The van der Waals surface area contributed by atoms with Gasteiger partial charge >= 0.3 is 0 Å². The molecule has 0 radical (unpaired) electrons. The van der Waals surface area contributed by atoms with Crippen molar-refractivity contribution in [3.63, 3.8) is 0 Å². The van der Waals surface area contributed by atoms with Crippen LogP contribution in [0.4, 0.5) is 0 Å². The highest BCUT2D eigenvalue weighted by molar-refractivity contribution is 5.78.